The second-order valence-electron chi connectivity index (χ2n) is 8.76. The van der Waals surface area contributed by atoms with Gasteiger partial charge in [0, 0.05) is 36.1 Å². The summed E-state index contributed by atoms with van der Waals surface area (Å²) in [5.41, 5.74) is 7.13. The molecule has 3 nitrogen and oxygen atoms in total. The third-order valence-electron chi connectivity index (χ3n) is 6.32. The van der Waals surface area contributed by atoms with Gasteiger partial charge in [-0.15, -0.1) is 0 Å². The van der Waals surface area contributed by atoms with Gasteiger partial charge in [-0.3, -0.25) is 0 Å². The summed E-state index contributed by atoms with van der Waals surface area (Å²) in [5.74, 6) is 0.529. The minimum absolute atomic E-state index is 0.0734. The quantitative estimate of drug-likeness (QED) is 0.865. The Kier molecular flexibility index (Phi) is 4.03. The summed E-state index contributed by atoms with van der Waals surface area (Å²) in [6.45, 7) is 15.7. The molecule has 4 atom stereocenters. The van der Waals surface area contributed by atoms with Crippen LogP contribution in [0.2, 0.25) is 0 Å². The molecule has 0 aromatic heterocycles. The van der Waals surface area contributed by atoms with Gasteiger partial charge in [-0.2, -0.15) is 0 Å². The van der Waals surface area contributed by atoms with Crippen molar-refractivity contribution in [1.82, 2.24) is 4.90 Å². The average molecular weight is 282 g/mol. The van der Waals surface area contributed by atoms with Crippen LogP contribution < -0.4 is 5.73 Å². The maximum absolute atomic E-state index is 6.90. The predicted octanol–water partition coefficient (Wildman–Crippen LogP) is 2.89. The highest BCUT2D eigenvalue weighted by atomic mass is 16.5. The van der Waals surface area contributed by atoms with Crippen molar-refractivity contribution in [3.63, 3.8) is 0 Å². The van der Waals surface area contributed by atoms with E-state index >= 15 is 0 Å². The zero-order chi connectivity index (χ0) is 15.3. The molecule has 1 heterocycles. The Balaban J connectivity index is 2.11. The van der Waals surface area contributed by atoms with E-state index in [1.54, 1.807) is 0 Å². The van der Waals surface area contributed by atoms with Crippen LogP contribution in [0.15, 0.2) is 0 Å². The molecule has 0 radical (unpaired) electrons. The van der Waals surface area contributed by atoms with Crippen LogP contribution in [-0.2, 0) is 4.74 Å². The van der Waals surface area contributed by atoms with Gasteiger partial charge in [0.1, 0.15) is 0 Å². The third kappa shape index (κ3) is 2.32. The fourth-order valence-electron chi connectivity index (χ4n) is 4.20. The smallest absolute Gasteiger partial charge is 0.0690 e. The summed E-state index contributed by atoms with van der Waals surface area (Å²) < 4.78 is 6.00. The van der Waals surface area contributed by atoms with Gasteiger partial charge in [-0.05, 0) is 32.2 Å². The van der Waals surface area contributed by atoms with Crippen molar-refractivity contribution in [2.75, 3.05) is 20.2 Å². The van der Waals surface area contributed by atoms with Crippen molar-refractivity contribution in [1.29, 1.82) is 0 Å². The molecule has 2 aliphatic rings. The molecule has 3 heteroatoms. The Morgan fingerprint density at radius 3 is 2.50 bits per heavy atom. The number of likely N-dealkylation sites (N-methyl/N-ethyl adjacent to an activating group) is 1. The van der Waals surface area contributed by atoms with E-state index in [0.717, 1.165) is 19.6 Å². The number of nitrogens with two attached hydrogens (primary N) is 1. The molecule has 0 bridgehead atoms. The Hall–Kier alpha value is -0.120. The van der Waals surface area contributed by atoms with E-state index in [0.29, 0.717) is 18.1 Å². The lowest BCUT2D eigenvalue weighted by Crippen LogP contribution is -2.80. The average Bonchev–Trinajstić information content (AvgIpc) is 2.36. The Morgan fingerprint density at radius 2 is 1.95 bits per heavy atom. The van der Waals surface area contributed by atoms with Crippen LogP contribution in [0.5, 0.6) is 0 Å². The Morgan fingerprint density at radius 1 is 1.35 bits per heavy atom. The minimum Gasteiger partial charge on any atom is -0.377 e. The fraction of sp³-hybridized carbons (Fsp3) is 1.00. The molecule has 0 aromatic rings. The summed E-state index contributed by atoms with van der Waals surface area (Å²) in [7, 11) is 2.22. The van der Waals surface area contributed by atoms with Crippen molar-refractivity contribution in [2.24, 2.45) is 22.5 Å². The maximum Gasteiger partial charge on any atom is 0.0690 e. The molecule has 4 unspecified atom stereocenters. The Labute approximate surface area is 125 Å². The van der Waals surface area contributed by atoms with Crippen LogP contribution in [0.25, 0.3) is 0 Å². The molecular formula is C17H34N2O. The van der Waals surface area contributed by atoms with E-state index < -0.39 is 0 Å². The highest BCUT2D eigenvalue weighted by Crippen LogP contribution is 2.57. The number of ether oxygens (including phenoxy) is 1. The molecule has 1 aliphatic heterocycles. The largest absolute Gasteiger partial charge is 0.377 e. The van der Waals surface area contributed by atoms with E-state index in [2.05, 4.69) is 53.5 Å². The maximum atomic E-state index is 6.90. The van der Waals surface area contributed by atoms with Crippen LogP contribution in [0.3, 0.4) is 0 Å². The van der Waals surface area contributed by atoms with Crippen LogP contribution in [0.1, 0.15) is 54.4 Å². The molecule has 20 heavy (non-hydrogen) atoms. The van der Waals surface area contributed by atoms with Gasteiger partial charge in [-0.25, -0.2) is 0 Å². The lowest BCUT2D eigenvalue weighted by atomic mass is 9.46. The van der Waals surface area contributed by atoms with Gasteiger partial charge < -0.3 is 15.4 Å². The first-order valence-corrected chi connectivity index (χ1v) is 8.12. The predicted molar refractivity (Wildman–Crippen MR) is 84.7 cm³/mol. The topological polar surface area (TPSA) is 38.5 Å². The minimum atomic E-state index is -0.119. The van der Waals surface area contributed by atoms with Gasteiger partial charge in [0.15, 0.2) is 0 Å². The summed E-state index contributed by atoms with van der Waals surface area (Å²) in [4.78, 5) is 2.45. The number of hydrogen-bond acceptors (Lipinski definition) is 3. The first-order valence-electron chi connectivity index (χ1n) is 8.12. The number of fused-ring (bicyclic) bond motifs is 1. The standard InChI is InChI=1S/C17H34N2O/c1-12(15(2,3)4)19(7)11-17(18)13-9-8-10-20-14(13)16(17,5)6/h12-14H,8-11,18H2,1-7H3. The van der Waals surface area contributed by atoms with Gasteiger partial charge in [0.25, 0.3) is 0 Å². The molecule has 2 rings (SSSR count). The second kappa shape index (κ2) is 4.96. The van der Waals surface area contributed by atoms with E-state index in [1.807, 2.05) is 0 Å². The molecule has 1 saturated heterocycles. The molecule has 2 fully saturated rings. The molecule has 0 aromatic carbocycles. The zero-order valence-electron chi connectivity index (χ0n) is 14.5. The van der Waals surface area contributed by atoms with Crippen LogP contribution in [-0.4, -0.2) is 42.8 Å². The molecule has 1 saturated carbocycles. The highest BCUT2D eigenvalue weighted by Gasteiger charge is 2.66. The highest BCUT2D eigenvalue weighted by molar-refractivity contribution is 5.21. The normalized spacial score (nSPS) is 38.2. The van der Waals surface area contributed by atoms with Crippen LogP contribution in [0.4, 0.5) is 0 Å². The van der Waals surface area contributed by atoms with Gasteiger partial charge in [-0.1, -0.05) is 34.6 Å². The Bertz CT molecular complexity index is 360. The first kappa shape index (κ1) is 16.3. The number of nitrogens with zero attached hydrogens (tertiary/aromatic N) is 1. The zero-order valence-corrected chi connectivity index (χ0v) is 14.5. The number of rotatable bonds is 3. The van der Waals surface area contributed by atoms with Crippen molar-refractivity contribution in [2.45, 2.75) is 72.1 Å². The summed E-state index contributed by atoms with van der Waals surface area (Å²) in [5, 5.41) is 0. The molecule has 118 valence electrons. The van der Waals surface area contributed by atoms with Crippen LogP contribution >= 0.6 is 0 Å². The van der Waals surface area contributed by atoms with Gasteiger partial charge in [0.05, 0.1) is 6.10 Å². The van der Waals surface area contributed by atoms with E-state index in [9.17, 15) is 0 Å². The summed E-state index contributed by atoms with van der Waals surface area (Å²) >= 11 is 0. The van der Waals surface area contributed by atoms with E-state index in [4.69, 9.17) is 10.5 Å². The third-order valence-corrected chi connectivity index (χ3v) is 6.32. The fourth-order valence-corrected chi connectivity index (χ4v) is 4.20. The van der Waals surface area contributed by atoms with Gasteiger partial charge >= 0.3 is 0 Å². The molecule has 0 spiro atoms. The van der Waals surface area contributed by atoms with Crippen molar-refractivity contribution < 1.29 is 4.74 Å². The first-order chi connectivity index (χ1) is 9.02. The van der Waals surface area contributed by atoms with E-state index in [1.165, 1.54) is 6.42 Å². The number of hydrogen-bond donors (Lipinski definition) is 1. The second-order valence-corrected chi connectivity index (χ2v) is 8.76. The molecular weight excluding hydrogens is 248 g/mol. The van der Waals surface area contributed by atoms with Crippen molar-refractivity contribution in [3.8, 4) is 0 Å². The van der Waals surface area contributed by atoms with Crippen molar-refractivity contribution >= 4 is 0 Å². The van der Waals surface area contributed by atoms with Gasteiger partial charge in [0.2, 0.25) is 0 Å². The lowest BCUT2D eigenvalue weighted by molar-refractivity contribution is -0.233. The summed E-state index contributed by atoms with van der Waals surface area (Å²) in [6.07, 6.45) is 2.75. The van der Waals surface area contributed by atoms with E-state index in [-0.39, 0.29) is 16.4 Å². The SMILES string of the molecule is CC(N(C)CC1(N)C2CCCOC2C1(C)C)C(C)(C)C. The monoisotopic (exact) mass is 282 g/mol. The molecule has 1 aliphatic carbocycles. The van der Waals surface area contributed by atoms with Crippen LogP contribution in [0, 0.1) is 16.7 Å². The summed E-state index contributed by atoms with van der Waals surface area (Å²) in [6, 6.07) is 0.516. The molecule has 0 amide bonds. The van der Waals surface area contributed by atoms with Crippen molar-refractivity contribution in [3.05, 3.63) is 0 Å². The lowest BCUT2D eigenvalue weighted by Gasteiger charge is -2.67. The molecule has 2 N–H and O–H groups in total.